The smallest absolute Gasteiger partial charge is 0.170 e. The normalized spacial score (nSPS) is 13.7. The fraction of sp³-hybridized carbons (Fsp3) is 0.176. The van der Waals surface area contributed by atoms with E-state index in [1.54, 1.807) is 24.3 Å². The van der Waals surface area contributed by atoms with Gasteiger partial charge in [0.2, 0.25) is 0 Å². The van der Waals surface area contributed by atoms with Gasteiger partial charge in [-0.3, -0.25) is 4.79 Å². The van der Waals surface area contributed by atoms with E-state index in [9.17, 15) is 9.18 Å². The number of ether oxygens (including phenoxy) is 2. The largest absolute Gasteiger partial charge is 0.492 e. The lowest BCUT2D eigenvalue weighted by Gasteiger charge is -2.16. The van der Waals surface area contributed by atoms with Crippen LogP contribution in [0.1, 0.15) is 21.8 Å². The lowest BCUT2D eigenvalue weighted by Crippen LogP contribution is -2.15. The van der Waals surface area contributed by atoms with Gasteiger partial charge in [0.05, 0.1) is 22.4 Å². The summed E-state index contributed by atoms with van der Waals surface area (Å²) in [5.41, 5.74) is 1.18. The lowest BCUT2D eigenvalue weighted by atomic mass is 10.1. The van der Waals surface area contributed by atoms with Crippen LogP contribution in [0.4, 0.5) is 4.39 Å². The number of halogens is 1. The van der Waals surface area contributed by atoms with Crippen molar-refractivity contribution < 1.29 is 18.7 Å². The number of thiazole rings is 1. The van der Waals surface area contributed by atoms with Gasteiger partial charge in [-0.2, -0.15) is 0 Å². The van der Waals surface area contributed by atoms with Crippen molar-refractivity contribution in [2.24, 2.45) is 0 Å². The van der Waals surface area contributed by atoms with Crippen molar-refractivity contribution in [1.82, 2.24) is 4.98 Å². The minimum atomic E-state index is -0.302. The molecule has 23 heavy (non-hydrogen) atoms. The summed E-state index contributed by atoms with van der Waals surface area (Å²) in [6.45, 7) is 0.698. The maximum atomic E-state index is 13.2. The van der Waals surface area contributed by atoms with Crippen LogP contribution in [0.5, 0.6) is 11.5 Å². The van der Waals surface area contributed by atoms with Crippen molar-refractivity contribution in [3.63, 3.8) is 0 Å². The zero-order valence-electron chi connectivity index (χ0n) is 12.0. The molecule has 0 saturated heterocycles. The third-order valence-corrected chi connectivity index (χ3v) is 4.60. The maximum absolute atomic E-state index is 13.2. The molecule has 4 rings (SSSR count). The highest BCUT2D eigenvalue weighted by atomic mass is 32.1. The van der Waals surface area contributed by atoms with Crippen LogP contribution in [0, 0.1) is 5.82 Å². The first-order chi connectivity index (χ1) is 11.2. The Bertz CT molecular complexity index is 906. The van der Waals surface area contributed by atoms with E-state index in [0.717, 1.165) is 9.71 Å². The molecule has 0 atom stereocenters. The van der Waals surface area contributed by atoms with Crippen molar-refractivity contribution in [3.05, 3.63) is 52.8 Å². The van der Waals surface area contributed by atoms with Gasteiger partial charge in [-0.25, -0.2) is 9.37 Å². The molecule has 1 aromatic heterocycles. The van der Waals surface area contributed by atoms with Gasteiger partial charge < -0.3 is 9.47 Å². The Hall–Kier alpha value is -2.47. The monoisotopic (exact) mass is 329 g/mol. The predicted octanol–water partition coefficient (Wildman–Crippen LogP) is 3.98. The van der Waals surface area contributed by atoms with Crippen molar-refractivity contribution >= 4 is 27.3 Å². The van der Waals surface area contributed by atoms with Gasteiger partial charge in [0.15, 0.2) is 5.78 Å². The zero-order valence-corrected chi connectivity index (χ0v) is 12.9. The number of aromatic nitrogens is 1. The summed E-state index contributed by atoms with van der Waals surface area (Å²) in [5, 5.41) is 0.755. The minimum absolute atomic E-state index is 0.0622. The number of rotatable bonds is 3. The topological polar surface area (TPSA) is 48.4 Å². The molecule has 0 N–H and O–H groups in total. The minimum Gasteiger partial charge on any atom is -0.492 e. The SMILES string of the molecule is O=C1CCOc2ccc(OCc3nc4cc(F)ccc4s3)cc21. The number of hydrogen-bond acceptors (Lipinski definition) is 5. The predicted molar refractivity (Wildman–Crippen MR) is 84.8 cm³/mol. The molecule has 1 aliphatic heterocycles. The van der Waals surface area contributed by atoms with E-state index in [2.05, 4.69) is 4.98 Å². The average Bonchev–Trinajstić information content (AvgIpc) is 2.95. The molecule has 0 fully saturated rings. The Balaban J connectivity index is 1.54. The number of ketones is 1. The molecule has 116 valence electrons. The Labute approximate surface area is 135 Å². The van der Waals surface area contributed by atoms with E-state index in [-0.39, 0.29) is 18.2 Å². The van der Waals surface area contributed by atoms with E-state index in [1.165, 1.54) is 23.5 Å². The summed E-state index contributed by atoms with van der Waals surface area (Å²) in [7, 11) is 0. The molecule has 6 heteroatoms. The Morgan fingerprint density at radius 1 is 1.26 bits per heavy atom. The quantitative estimate of drug-likeness (QED) is 0.729. The first kappa shape index (κ1) is 14.1. The molecule has 0 aliphatic carbocycles. The van der Waals surface area contributed by atoms with Gasteiger partial charge in [0, 0.05) is 12.5 Å². The number of benzene rings is 2. The summed E-state index contributed by atoms with van der Waals surface area (Å²) in [4.78, 5) is 16.2. The third kappa shape index (κ3) is 2.77. The Morgan fingerprint density at radius 2 is 2.17 bits per heavy atom. The van der Waals surface area contributed by atoms with Crippen LogP contribution in [0.25, 0.3) is 10.2 Å². The second kappa shape index (κ2) is 5.62. The van der Waals surface area contributed by atoms with E-state index in [4.69, 9.17) is 9.47 Å². The Morgan fingerprint density at radius 3 is 3.09 bits per heavy atom. The van der Waals surface area contributed by atoms with Gasteiger partial charge in [-0.15, -0.1) is 11.3 Å². The van der Waals surface area contributed by atoms with E-state index in [1.807, 2.05) is 0 Å². The number of hydrogen-bond donors (Lipinski definition) is 0. The zero-order chi connectivity index (χ0) is 15.8. The summed E-state index contributed by atoms with van der Waals surface area (Å²) in [6, 6.07) is 9.74. The molecule has 0 bridgehead atoms. The van der Waals surface area contributed by atoms with Crippen molar-refractivity contribution in [2.75, 3.05) is 6.61 Å². The second-order valence-corrected chi connectivity index (χ2v) is 6.30. The van der Waals surface area contributed by atoms with E-state index >= 15 is 0 Å². The first-order valence-electron chi connectivity index (χ1n) is 7.17. The van der Waals surface area contributed by atoms with Crippen LogP contribution in [0.3, 0.4) is 0 Å². The molecule has 2 heterocycles. The molecule has 3 aromatic rings. The lowest BCUT2D eigenvalue weighted by molar-refractivity contribution is 0.0932. The molecular formula is C17H12FNO3S. The molecule has 1 aliphatic rings. The van der Waals surface area contributed by atoms with E-state index in [0.29, 0.717) is 35.6 Å². The molecule has 0 amide bonds. The van der Waals surface area contributed by atoms with Gasteiger partial charge in [-0.05, 0) is 30.3 Å². The van der Waals surface area contributed by atoms with Gasteiger partial charge in [-0.1, -0.05) is 0 Å². The van der Waals surface area contributed by atoms with Crippen molar-refractivity contribution in [1.29, 1.82) is 0 Å². The van der Waals surface area contributed by atoms with Crippen LogP contribution >= 0.6 is 11.3 Å². The van der Waals surface area contributed by atoms with Gasteiger partial charge in [0.1, 0.15) is 28.9 Å². The van der Waals surface area contributed by atoms with Crippen LogP contribution in [-0.2, 0) is 6.61 Å². The third-order valence-electron chi connectivity index (χ3n) is 3.59. The standard InChI is InChI=1S/C17H12FNO3S/c18-10-1-4-16-13(7-10)19-17(23-16)9-22-11-2-3-15-12(8-11)14(20)5-6-21-15/h1-4,7-8H,5-6,9H2. The molecule has 4 nitrogen and oxygen atoms in total. The van der Waals surface area contributed by atoms with Gasteiger partial charge >= 0.3 is 0 Å². The summed E-state index contributed by atoms with van der Waals surface area (Å²) in [6.07, 6.45) is 0.389. The fourth-order valence-electron chi connectivity index (χ4n) is 2.49. The Kier molecular flexibility index (Phi) is 3.46. The summed E-state index contributed by atoms with van der Waals surface area (Å²) in [5.74, 6) is 0.952. The maximum Gasteiger partial charge on any atom is 0.170 e. The fourth-order valence-corrected chi connectivity index (χ4v) is 3.35. The highest BCUT2D eigenvalue weighted by Gasteiger charge is 2.19. The number of Topliss-reactive ketones (excluding diaryl/α,β-unsaturated/α-hetero) is 1. The molecule has 0 radical (unpaired) electrons. The molecule has 0 saturated carbocycles. The van der Waals surface area contributed by atoms with Crippen LogP contribution in [-0.4, -0.2) is 17.4 Å². The van der Waals surface area contributed by atoms with Crippen LogP contribution in [0.15, 0.2) is 36.4 Å². The number of nitrogens with zero attached hydrogens (tertiary/aromatic N) is 1. The first-order valence-corrected chi connectivity index (χ1v) is 7.98. The molecule has 2 aromatic carbocycles. The van der Waals surface area contributed by atoms with E-state index < -0.39 is 0 Å². The molecule has 0 spiro atoms. The number of fused-ring (bicyclic) bond motifs is 2. The van der Waals surface area contributed by atoms with Gasteiger partial charge in [0.25, 0.3) is 0 Å². The summed E-state index contributed by atoms with van der Waals surface area (Å²) >= 11 is 1.46. The molecule has 0 unspecified atom stereocenters. The van der Waals surface area contributed by atoms with Crippen molar-refractivity contribution in [3.8, 4) is 11.5 Å². The molecular weight excluding hydrogens is 317 g/mol. The average molecular weight is 329 g/mol. The van der Waals surface area contributed by atoms with Crippen molar-refractivity contribution in [2.45, 2.75) is 13.0 Å². The van der Waals surface area contributed by atoms with Crippen LogP contribution in [0.2, 0.25) is 0 Å². The van der Waals surface area contributed by atoms with Crippen LogP contribution < -0.4 is 9.47 Å². The summed E-state index contributed by atoms with van der Waals surface area (Å²) < 4.78 is 25.3. The number of carbonyl (C=O) groups is 1. The second-order valence-electron chi connectivity index (χ2n) is 5.19. The highest BCUT2D eigenvalue weighted by Crippen LogP contribution is 2.29. The highest BCUT2D eigenvalue weighted by molar-refractivity contribution is 7.18. The number of carbonyl (C=O) groups excluding carboxylic acids is 1.